The van der Waals surface area contributed by atoms with Crippen LogP contribution in [0.1, 0.15) is 5.56 Å². The molecule has 0 aliphatic heterocycles. The van der Waals surface area contributed by atoms with Gasteiger partial charge in [0.15, 0.2) is 0 Å². The maximum absolute atomic E-state index is 11.0. The monoisotopic (exact) mass is 215 g/mol. The van der Waals surface area contributed by atoms with Crippen LogP contribution < -0.4 is 11.4 Å². The number of H-pyrrole nitrogens is 2. The van der Waals surface area contributed by atoms with E-state index in [2.05, 4.69) is 9.97 Å². The number of nitrogens with one attached hydrogen (secondary N) is 2. The van der Waals surface area contributed by atoms with Crippen molar-refractivity contribution in [2.24, 2.45) is 5.73 Å². The van der Waals surface area contributed by atoms with Crippen LogP contribution >= 0.6 is 0 Å². The number of aromatic amines is 2. The summed E-state index contributed by atoms with van der Waals surface area (Å²) in [6, 6.07) is 7.86. The highest BCUT2D eigenvalue weighted by molar-refractivity contribution is 5.63. The van der Waals surface area contributed by atoms with Gasteiger partial charge in [0.1, 0.15) is 0 Å². The molecule has 4 nitrogen and oxygen atoms in total. The molecule has 1 aromatic carbocycles. The van der Waals surface area contributed by atoms with Crippen molar-refractivity contribution in [1.29, 1.82) is 0 Å². The molecule has 16 heavy (non-hydrogen) atoms. The largest absolute Gasteiger partial charge is 0.327 e. The van der Waals surface area contributed by atoms with Crippen molar-refractivity contribution < 1.29 is 0 Å². The van der Waals surface area contributed by atoms with E-state index in [1.807, 2.05) is 36.4 Å². The highest BCUT2D eigenvalue weighted by Gasteiger charge is 1.99. The molecule has 2 rings (SSSR count). The van der Waals surface area contributed by atoms with Gasteiger partial charge in [-0.25, -0.2) is 4.79 Å². The van der Waals surface area contributed by atoms with E-state index in [1.54, 1.807) is 6.20 Å². The maximum atomic E-state index is 11.0. The SMILES string of the molecule is NC/C=C/c1cccc(-c2c[nH]c(=O)[nH]2)c1. The van der Waals surface area contributed by atoms with Crippen LogP contribution in [0.15, 0.2) is 41.3 Å². The second kappa shape index (κ2) is 4.63. The van der Waals surface area contributed by atoms with Crippen molar-refractivity contribution in [1.82, 2.24) is 9.97 Å². The minimum atomic E-state index is -0.196. The van der Waals surface area contributed by atoms with Gasteiger partial charge in [0.25, 0.3) is 0 Å². The average molecular weight is 215 g/mol. The molecule has 0 saturated heterocycles. The molecule has 0 saturated carbocycles. The first-order chi connectivity index (χ1) is 7.79. The number of benzene rings is 1. The van der Waals surface area contributed by atoms with Gasteiger partial charge in [-0.1, -0.05) is 30.4 Å². The van der Waals surface area contributed by atoms with Gasteiger partial charge in [-0.3, -0.25) is 0 Å². The number of imidazole rings is 1. The van der Waals surface area contributed by atoms with Crippen molar-refractivity contribution in [2.45, 2.75) is 0 Å². The third-order valence-electron chi connectivity index (χ3n) is 2.24. The molecule has 82 valence electrons. The molecule has 0 amide bonds. The van der Waals surface area contributed by atoms with Gasteiger partial charge in [0, 0.05) is 18.3 Å². The average Bonchev–Trinajstić information content (AvgIpc) is 2.74. The Morgan fingerprint density at radius 2 is 2.25 bits per heavy atom. The molecule has 0 radical (unpaired) electrons. The van der Waals surface area contributed by atoms with Gasteiger partial charge >= 0.3 is 5.69 Å². The van der Waals surface area contributed by atoms with Crippen LogP contribution in [0, 0.1) is 0 Å². The van der Waals surface area contributed by atoms with Crippen LogP contribution in [0.4, 0.5) is 0 Å². The molecule has 1 aromatic heterocycles. The van der Waals surface area contributed by atoms with E-state index in [-0.39, 0.29) is 5.69 Å². The van der Waals surface area contributed by atoms with Gasteiger partial charge in [-0.05, 0) is 11.6 Å². The number of hydrogen-bond acceptors (Lipinski definition) is 2. The fourth-order valence-corrected chi connectivity index (χ4v) is 1.50. The van der Waals surface area contributed by atoms with E-state index >= 15 is 0 Å². The summed E-state index contributed by atoms with van der Waals surface area (Å²) in [7, 11) is 0. The Labute approximate surface area is 92.8 Å². The quantitative estimate of drug-likeness (QED) is 0.722. The second-order valence-corrected chi connectivity index (χ2v) is 3.42. The molecule has 4 heteroatoms. The summed E-state index contributed by atoms with van der Waals surface area (Å²) in [6.45, 7) is 0.519. The summed E-state index contributed by atoms with van der Waals surface area (Å²) >= 11 is 0. The zero-order valence-corrected chi connectivity index (χ0v) is 8.73. The number of rotatable bonds is 3. The molecule has 1 heterocycles. The topological polar surface area (TPSA) is 74.7 Å². The van der Waals surface area contributed by atoms with Crippen molar-refractivity contribution in [3.8, 4) is 11.3 Å². The standard InChI is InChI=1S/C12H13N3O/c13-6-2-4-9-3-1-5-10(7-9)11-8-14-12(16)15-11/h1-5,7-8H,6,13H2,(H2,14,15,16)/b4-2+. The van der Waals surface area contributed by atoms with Gasteiger partial charge in [0.05, 0.1) is 5.69 Å². The molecule has 0 aliphatic carbocycles. The van der Waals surface area contributed by atoms with Crippen molar-refractivity contribution in [3.05, 3.63) is 52.6 Å². The molecule has 0 fully saturated rings. The number of nitrogens with two attached hydrogens (primary N) is 1. The van der Waals surface area contributed by atoms with Crippen molar-refractivity contribution in [3.63, 3.8) is 0 Å². The predicted octanol–water partition coefficient (Wildman–Crippen LogP) is 1.34. The predicted molar refractivity (Wildman–Crippen MR) is 64.9 cm³/mol. The van der Waals surface area contributed by atoms with Crippen LogP contribution in [0.3, 0.4) is 0 Å². The van der Waals surface area contributed by atoms with Gasteiger partial charge in [-0.2, -0.15) is 0 Å². The lowest BCUT2D eigenvalue weighted by atomic mass is 10.1. The zero-order valence-electron chi connectivity index (χ0n) is 8.73. The fourth-order valence-electron chi connectivity index (χ4n) is 1.50. The molecular formula is C12H13N3O. The smallest absolute Gasteiger partial charge is 0.323 e. The Balaban J connectivity index is 2.35. The molecule has 2 aromatic rings. The summed E-state index contributed by atoms with van der Waals surface area (Å²) in [5, 5.41) is 0. The van der Waals surface area contributed by atoms with Gasteiger partial charge < -0.3 is 15.7 Å². The zero-order chi connectivity index (χ0) is 11.4. The van der Waals surface area contributed by atoms with E-state index in [1.165, 1.54) is 0 Å². The summed E-state index contributed by atoms with van der Waals surface area (Å²) in [4.78, 5) is 16.3. The van der Waals surface area contributed by atoms with Crippen LogP contribution in [0.2, 0.25) is 0 Å². The van der Waals surface area contributed by atoms with E-state index in [9.17, 15) is 4.79 Å². The third-order valence-corrected chi connectivity index (χ3v) is 2.24. The lowest BCUT2D eigenvalue weighted by Gasteiger charge is -1.99. The molecule has 0 unspecified atom stereocenters. The summed E-state index contributed by atoms with van der Waals surface area (Å²) < 4.78 is 0. The highest BCUT2D eigenvalue weighted by Crippen LogP contribution is 2.17. The Bertz CT molecular complexity index is 551. The van der Waals surface area contributed by atoms with E-state index in [4.69, 9.17) is 5.73 Å². The van der Waals surface area contributed by atoms with Gasteiger partial charge in [-0.15, -0.1) is 0 Å². The van der Waals surface area contributed by atoms with E-state index in [0.29, 0.717) is 6.54 Å². The van der Waals surface area contributed by atoms with E-state index in [0.717, 1.165) is 16.8 Å². The highest BCUT2D eigenvalue weighted by atomic mass is 16.1. The van der Waals surface area contributed by atoms with Crippen LogP contribution in [-0.2, 0) is 0 Å². The normalized spacial score (nSPS) is 11.1. The van der Waals surface area contributed by atoms with Crippen LogP contribution in [0.25, 0.3) is 17.3 Å². The lowest BCUT2D eigenvalue weighted by molar-refractivity contribution is 1.19. The Hall–Kier alpha value is -2.07. The molecule has 0 bridgehead atoms. The third kappa shape index (κ3) is 2.29. The fraction of sp³-hybridized carbons (Fsp3) is 0.0833. The first-order valence-electron chi connectivity index (χ1n) is 5.04. The summed E-state index contributed by atoms with van der Waals surface area (Å²) in [6.07, 6.45) is 5.50. The van der Waals surface area contributed by atoms with Crippen molar-refractivity contribution >= 4 is 6.08 Å². The molecular weight excluding hydrogens is 202 g/mol. The minimum Gasteiger partial charge on any atom is -0.327 e. The summed E-state index contributed by atoms with van der Waals surface area (Å²) in [5.74, 6) is 0. The van der Waals surface area contributed by atoms with E-state index < -0.39 is 0 Å². The Morgan fingerprint density at radius 3 is 2.94 bits per heavy atom. The second-order valence-electron chi connectivity index (χ2n) is 3.42. The minimum absolute atomic E-state index is 0.196. The lowest BCUT2D eigenvalue weighted by Crippen LogP contribution is -1.99. The molecule has 0 aliphatic rings. The number of aromatic nitrogens is 2. The Morgan fingerprint density at radius 1 is 1.38 bits per heavy atom. The van der Waals surface area contributed by atoms with Crippen molar-refractivity contribution in [2.75, 3.05) is 6.54 Å². The summed E-state index contributed by atoms with van der Waals surface area (Å²) in [5.41, 5.74) is 8.01. The van der Waals surface area contributed by atoms with Gasteiger partial charge in [0.2, 0.25) is 0 Å². The Kier molecular flexibility index (Phi) is 3.03. The van der Waals surface area contributed by atoms with Crippen LogP contribution in [0.5, 0.6) is 0 Å². The molecule has 0 spiro atoms. The maximum Gasteiger partial charge on any atom is 0.323 e. The molecule has 0 atom stereocenters. The number of hydrogen-bond donors (Lipinski definition) is 3. The van der Waals surface area contributed by atoms with Crippen LogP contribution in [-0.4, -0.2) is 16.5 Å². The first-order valence-corrected chi connectivity index (χ1v) is 5.04. The first kappa shape index (κ1) is 10.4. The molecule has 4 N–H and O–H groups in total.